The zero-order valence-corrected chi connectivity index (χ0v) is 11.6. The minimum Gasteiger partial charge on any atom is -0.476 e. The molecule has 2 heterocycles. The molecule has 0 aromatic carbocycles. The number of aromatic nitrogens is 4. The molecule has 0 saturated carbocycles. The van der Waals surface area contributed by atoms with Gasteiger partial charge in [-0.3, -0.25) is 0 Å². The number of ether oxygens (including phenoxy) is 1. The molecule has 6 heteroatoms. The van der Waals surface area contributed by atoms with Crippen LogP contribution >= 0.6 is 0 Å². The van der Waals surface area contributed by atoms with Crippen molar-refractivity contribution in [2.75, 3.05) is 18.5 Å². The average molecular weight is 263 g/mol. The van der Waals surface area contributed by atoms with Crippen molar-refractivity contribution in [1.29, 1.82) is 0 Å². The van der Waals surface area contributed by atoms with Crippen molar-refractivity contribution in [2.45, 2.75) is 39.5 Å². The molecule has 19 heavy (non-hydrogen) atoms. The molecule has 0 atom stereocenters. The zero-order chi connectivity index (χ0) is 13.5. The highest BCUT2D eigenvalue weighted by atomic mass is 16.5. The highest BCUT2D eigenvalue weighted by Gasteiger charge is 2.10. The molecule has 0 saturated heterocycles. The molecule has 0 bridgehead atoms. The molecule has 0 amide bonds. The first-order valence-electron chi connectivity index (χ1n) is 6.93. The van der Waals surface area contributed by atoms with E-state index in [9.17, 15) is 0 Å². The van der Waals surface area contributed by atoms with Gasteiger partial charge in [-0.15, -0.1) is 0 Å². The van der Waals surface area contributed by atoms with Gasteiger partial charge >= 0.3 is 0 Å². The van der Waals surface area contributed by atoms with Crippen molar-refractivity contribution in [3.8, 4) is 5.88 Å². The van der Waals surface area contributed by atoms with E-state index in [0.717, 1.165) is 18.5 Å². The number of unbranched alkanes of at least 4 members (excludes halogenated alkanes) is 3. The number of fused-ring (bicyclic) bond motifs is 1. The number of anilines is 1. The van der Waals surface area contributed by atoms with E-state index in [2.05, 4.69) is 32.2 Å². The molecule has 2 N–H and O–H groups in total. The molecule has 6 nitrogen and oxygen atoms in total. The van der Waals surface area contributed by atoms with Gasteiger partial charge in [-0.05, 0) is 13.3 Å². The summed E-state index contributed by atoms with van der Waals surface area (Å²) in [5, 5.41) is 3.08. The van der Waals surface area contributed by atoms with E-state index in [4.69, 9.17) is 4.74 Å². The lowest BCUT2D eigenvalue weighted by Crippen LogP contribution is -2.06. The second-order valence-corrected chi connectivity index (χ2v) is 4.39. The van der Waals surface area contributed by atoms with Gasteiger partial charge in [-0.1, -0.05) is 26.2 Å². The minimum atomic E-state index is 0.561. The third-order valence-electron chi connectivity index (χ3n) is 2.82. The molecule has 0 spiro atoms. The molecule has 104 valence electrons. The van der Waals surface area contributed by atoms with E-state index in [1.54, 1.807) is 6.33 Å². The summed E-state index contributed by atoms with van der Waals surface area (Å²) in [6, 6.07) is 0. The monoisotopic (exact) mass is 263 g/mol. The Labute approximate surface area is 113 Å². The number of hydrogen-bond donors (Lipinski definition) is 2. The summed E-state index contributed by atoms with van der Waals surface area (Å²) in [4.78, 5) is 15.8. The Morgan fingerprint density at radius 3 is 2.89 bits per heavy atom. The van der Waals surface area contributed by atoms with Crippen LogP contribution in [-0.4, -0.2) is 33.1 Å². The van der Waals surface area contributed by atoms with Crippen LogP contribution in [0.3, 0.4) is 0 Å². The summed E-state index contributed by atoms with van der Waals surface area (Å²) < 4.78 is 5.75. The van der Waals surface area contributed by atoms with Crippen LogP contribution in [0.15, 0.2) is 6.33 Å². The number of H-pyrrole nitrogens is 1. The Bertz CT molecular complexity index is 511. The maximum absolute atomic E-state index is 5.75. The molecular formula is C13H21N5O. The fourth-order valence-electron chi connectivity index (χ4n) is 1.85. The van der Waals surface area contributed by atoms with Crippen molar-refractivity contribution in [3.63, 3.8) is 0 Å². The minimum absolute atomic E-state index is 0.561. The van der Waals surface area contributed by atoms with Crippen molar-refractivity contribution in [3.05, 3.63) is 6.33 Å². The van der Waals surface area contributed by atoms with Crippen molar-refractivity contribution < 1.29 is 4.74 Å². The highest BCUT2D eigenvalue weighted by molar-refractivity contribution is 5.76. The predicted molar refractivity (Wildman–Crippen MR) is 75.5 cm³/mol. The molecule has 0 radical (unpaired) electrons. The van der Waals surface area contributed by atoms with Gasteiger partial charge in [-0.2, -0.15) is 9.97 Å². The number of nitrogens with one attached hydrogen (secondary N) is 2. The second-order valence-electron chi connectivity index (χ2n) is 4.39. The molecule has 0 fully saturated rings. The van der Waals surface area contributed by atoms with Gasteiger partial charge in [0.25, 0.3) is 0 Å². The van der Waals surface area contributed by atoms with E-state index in [-0.39, 0.29) is 0 Å². The van der Waals surface area contributed by atoms with Gasteiger partial charge in [-0.25, -0.2) is 4.98 Å². The van der Waals surface area contributed by atoms with Crippen LogP contribution in [0, 0.1) is 0 Å². The van der Waals surface area contributed by atoms with E-state index in [1.807, 2.05) is 6.92 Å². The standard InChI is InChI=1S/C13H21N5O/c1-3-5-6-7-8-19-12-10-11(16-9-15-10)17-13(18-12)14-4-2/h9H,3-8H2,1-2H3,(H2,14,15,16,17,18). The molecule has 0 unspecified atom stereocenters. The molecule has 0 aliphatic rings. The average Bonchev–Trinajstić information content (AvgIpc) is 2.87. The molecule has 0 aliphatic carbocycles. The maximum Gasteiger partial charge on any atom is 0.245 e. The SMILES string of the molecule is CCCCCCOc1nc(NCC)nc2nc[nH]c12. The van der Waals surface area contributed by atoms with Crippen LogP contribution in [0.4, 0.5) is 5.95 Å². The number of imidazole rings is 1. The molecule has 0 aliphatic heterocycles. The Morgan fingerprint density at radius 1 is 1.21 bits per heavy atom. The predicted octanol–water partition coefficient (Wildman–Crippen LogP) is 2.74. The van der Waals surface area contributed by atoms with Crippen LogP contribution in [-0.2, 0) is 0 Å². The van der Waals surface area contributed by atoms with Gasteiger partial charge in [0.05, 0.1) is 12.9 Å². The Kier molecular flexibility index (Phi) is 4.94. The third kappa shape index (κ3) is 3.56. The summed E-state index contributed by atoms with van der Waals surface area (Å²) in [5.41, 5.74) is 1.40. The van der Waals surface area contributed by atoms with Crippen molar-refractivity contribution in [2.24, 2.45) is 0 Å². The summed E-state index contributed by atoms with van der Waals surface area (Å²) >= 11 is 0. The Morgan fingerprint density at radius 2 is 2.11 bits per heavy atom. The maximum atomic E-state index is 5.75. The van der Waals surface area contributed by atoms with Crippen LogP contribution < -0.4 is 10.1 Å². The lowest BCUT2D eigenvalue weighted by atomic mass is 10.2. The summed E-state index contributed by atoms with van der Waals surface area (Å²) in [7, 11) is 0. The number of nitrogens with zero attached hydrogens (tertiary/aromatic N) is 3. The number of hydrogen-bond acceptors (Lipinski definition) is 5. The van der Waals surface area contributed by atoms with Crippen LogP contribution in [0.5, 0.6) is 5.88 Å². The van der Waals surface area contributed by atoms with E-state index in [0.29, 0.717) is 24.1 Å². The quantitative estimate of drug-likeness (QED) is 0.716. The summed E-state index contributed by atoms with van der Waals surface area (Å²) in [6.07, 6.45) is 6.31. The lowest BCUT2D eigenvalue weighted by molar-refractivity contribution is 0.297. The van der Waals surface area contributed by atoms with Gasteiger partial charge < -0.3 is 15.0 Å². The van der Waals surface area contributed by atoms with Crippen molar-refractivity contribution >= 4 is 17.1 Å². The molecule has 2 aromatic rings. The van der Waals surface area contributed by atoms with Crippen LogP contribution in [0.2, 0.25) is 0 Å². The van der Waals surface area contributed by atoms with Crippen molar-refractivity contribution in [1.82, 2.24) is 19.9 Å². The van der Waals surface area contributed by atoms with Gasteiger partial charge in [0.1, 0.15) is 5.52 Å². The number of rotatable bonds is 8. The topological polar surface area (TPSA) is 75.7 Å². The first-order chi connectivity index (χ1) is 9.35. The van der Waals surface area contributed by atoms with Gasteiger partial charge in [0, 0.05) is 6.54 Å². The molecular weight excluding hydrogens is 242 g/mol. The lowest BCUT2D eigenvalue weighted by Gasteiger charge is -2.08. The molecule has 2 rings (SSSR count). The smallest absolute Gasteiger partial charge is 0.245 e. The van der Waals surface area contributed by atoms with Gasteiger partial charge in [0.2, 0.25) is 11.8 Å². The summed E-state index contributed by atoms with van der Waals surface area (Å²) in [6.45, 7) is 5.65. The number of aromatic amines is 1. The van der Waals surface area contributed by atoms with E-state index in [1.165, 1.54) is 19.3 Å². The Balaban J connectivity index is 2.04. The molecule has 2 aromatic heterocycles. The van der Waals surface area contributed by atoms with E-state index >= 15 is 0 Å². The first kappa shape index (κ1) is 13.6. The largest absolute Gasteiger partial charge is 0.476 e. The third-order valence-corrected chi connectivity index (χ3v) is 2.82. The first-order valence-corrected chi connectivity index (χ1v) is 6.93. The zero-order valence-electron chi connectivity index (χ0n) is 11.6. The Hall–Kier alpha value is -1.85. The second kappa shape index (κ2) is 6.92. The normalized spacial score (nSPS) is 10.8. The fraction of sp³-hybridized carbons (Fsp3) is 0.615. The van der Waals surface area contributed by atoms with Crippen LogP contribution in [0.1, 0.15) is 39.5 Å². The van der Waals surface area contributed by atoms with Gasteiger partial charge in [0.15, 0.2) is 5.65 Å². The van der Waals surface area contributed by atoms with E-state index < -0.39 is 0 Å². The fourth-order valence-corrected chi connectivity index (χ4v) is 1.85. The summed E-state index contributed by atoms with van der Waals surface area (Å²) in [5.74, 6) is 1.14. The van der Waals surface area contributed by atoms with Crippen LogP contribution in [0.25, 0.3) is 11.2 Å². The highest BCUT2D eigenvalue weighted by Crippen LogP contribution is 2.21.